The van der Waals surface area contributed by atoms with Crippen molar-refractivity contribution in [3.05, 3.63) is 11.6 Å². The van der Waals surface area contributed by atoms with Crippen LogP contribution < -0.4 is 0 Å². The fourth-order valence-corrected chi connectivity index (χ4v) is 3.76. The van der Waals surface area contributed by atoms with Gasteiger partial charge in [0.15, 0.2) is 5.78 Å². The molecule has 0 spiro atoms. The molecule has 0 radical (unpaired) electrons. The second-order valence-electron chi connectivity index (χ2n) is 5.63. The minimum atomic E-state index is -0.832. The van der Waals surface area contributed by atoms with Crippen molar-refractivity contribution < 1.29 is 15.0 Å². The number of ketones is 1. The summed E-state index contributed by atoms with van der Waals surface area (Å²) < 4.78 is 0. The molecule has 3 rings (SSSR count). The van der Waals surface area contributed by atoms with Crippen molar-refractivity contribution in [3.63, 3.8) is 0 Å². The molecule has 0 aromatic carbocycles. The molecule has 3 aliphatic rings. The molecule has 0 aliphatic heterocycles. The minimum absolute atomic E-state index is 0.00382. The van der Waals surface area contributed by atoms with Gasteiger partial charge in [0, 0.05) is 5.92 Å². The van der Waals surface area contributed by atoms with Gasteiger partial charge in [0.05, 0.1) is 5.60 Å². The number of carbonyl (C=O) groups excluding carboxylic acids is 1. The number of fused-ring (bicyclic) bond motifs is 2. The van der Waals surface area contributed by atoms with Gasteiger partial charge in [-0.25, -0.2) is 0 Å². The van der Waals surface area contributed by atoms with E-state index in [-0.39, 0.29) is 17.6 Å². The third-order valence-corrected chi connectivity index (χ3v) is 4.70. The number of hydrogen-bond acceptors (Lipinski definition) is 3. The summed E-state index contributed by atoms with van der Waals surface area (Å²) in [4.78, 5) is 11.4. The molecule has 0 aromatic rings. The molecule has 2 saturated carbocycles. The highest BCUT2D eigenvalue weighted by atomic mass is 16.3. The van der Waals surface area contributed by atoms with Gasteiger partial charge in [0.25, 0.3) is 0 Å². The van der Waals surface area contributed by atoms with E-state index < -0.39 is 11.7 Å². The normalized spacial score (nSPS) is 47.2. The number of hydrogen-bond donors (Lipinski definition) is 2. The maximum atomic E-state index is 11.4. The van der Waals surface area contributed by atoms with Crippen LogP contribution in [0.1, 0.15) is 38.5 Å². The van der Waals surface area contributed by atoms with E-state index in [1.165, 1.54) is 6.42 Å². The zero-order valence-electron chi connectivity index (χ0n) is 9.35. The Labute approximate surface area is 95.2 Å². The smallest absolute Gasteiger partial charge is 0.184 e. The lowest BCUT2D eigenvalue weighted by Crippen LogP contribution is -2.47. The zero-order valence-corrected chi connectivity index (χ0v) is 9.35. The van der Waals surface area contributed by atoms with E-state index in [1.54, 1.807) is 6.08 Å². The maximum Gasteiger partial charge on any atom is 0.184 e. The van der Waals surface area contributed by atoms with E-state index in [0.717, 1.165) is 31.3 Å². The van der Waals surface area contributed by atoms with E-state index >= 15 is 0 Å². The molecule has 88 valence electrons. The Kier molecular flexibility index (Phi) is 2.23. The van der Waals surface area contributed by atoms with Gasteiger partial charge in [-0.2, -0.15) is 0 Å². The van der Waals surface area contributed by atoms with Gasteiger partial charge in [-0.05, 0) is 37.7 Å². The van der Waals surface area contributed by atoms with Gasteiger partial charge < -0.3 is 10.2 Å². The van der Waals surface area contributed by atoms with Crippen molar-refractivity contribution in [3.8, 4) is 0 Å². The molecule has 16 heavy (non-hydrogen) atoms. The Balaban J connectivity index is 1.89. The van der Waals surface area contributed by atoms with E-state index in [0.29, 0.717) is 6.42 Å². The summed E-state index contributed by atoms with van der Waals surface area (Å²) in [6.45, 7) is 0. The first-order chi connectivity index (χ1) is 7.60. The van der Waals surface area contributed by atoms with Gasteiger partial charge >= 0.3 is 0 Å². The monoisotopic (exact) mass is 222 g/mol. The summed E-state index contributed by atoms with van der Waals surface area (Å²) in [5.41, 5.74) is 0.392. The third-order valence-electron chi connectivity index (χ3n) is 4.70. The van der Waals surface area contributed by atoms with Crippen LogP contribution in [0, 0.1) is 11.8 Å². The summed E-state index contributed by atoms with van der Waals surface area (Å²) in [5.74, 6) is 0.113. The molecule has 3 nitrogen and oxygen atoms in total. The first-order valence-corrected chi connectivity index (χ1v) is 6.25. The van der Waals surface area contributed by atoms with Crippen LogP contribution in [0.5, 0.6) is 0 Å². The molecule has 0 bridgehead atoms. The molecule has 0 aromatic heterocycles. The van der Waals surface area contributed by atoms with Gasteiger partial charge in [0.2, 0.25) is 0 Å². The molecule has 2 N–H and O–H groups in total. The van der Waals surface area contributed by atoms with E-state index in [9.17, 15) is 15.0 Å². The maximum absolute atomic E-state index is 11.4. The molecular weight excluding hydrogens is 204 g/mol. The molecule has 0 amide bonds. The third kappa shape index (κ3) is 1.38. The summed E-state index contributed by atoms with van der Waals surface area (Å²) in [6, 6.07) is 0. The lowest BCUT2D eigenvalue weighted by Gasteiger charge is -2.46. The van der Waals surface area contributed by atoms with Crippen molar-refractivity contribution in [2.24, 2.45) is 11.8 Å². The van der Waals surface area contributed by atoms with Crippen molar-refractivity contribution in [1.29, 1.82) is 0 Å². The number of carbonyl (C=O) groups is 1. The Bertz CT molecular complexity index is 360. The lowest BCUT2D eigenvalue weighted by atomic mass is 9.63. The van der Waals surface area contributed by atoms with Crippen molar-refractivity contribution in [2.45, 2.75) is 50.2 Å². The Morgan fingerprint density at radius 3 is 3.00 bits per heavy atom. The predicted octanol–water partition coefficient (Wildman–Crippen LogP) is 1.19. The number of aliphatic hydroxyl groups excluding tert-OH is 1. The molecule has 0 saturated heterocycles. The van der Waals surface area contributed by atoms with E-state index in [4.69, 9.17) is 0 Å². The molecule has 0 heterocycles. The Morgan fingerprint density at radius 2 is 2.19 bits per heavy atom. The lowest BCUT2D eigenvalue weighted by molar-refractivity contribution is -0.125. The molecule has 3 aliphatic carbocycles. The van der Waals surface area contributed by atoms with E-state index in [1.807, 2.05) is 0 Å². The van der Waals surface area contributed by atoms with Crippen LogP contribution >= 0.6 is 0 Å². The fourth-order valence-electron chi connectivity index (χ4n) is 3.76. The van der Waals surface area contributed by atoms with Crippen molar-refractivity contribution >= 4 is 5.78 Å². The second kappa shape index (κ2) is 3.41. The predicted molar refractivity (Wildman–Crippen MR) is 58.7 cm³/mol. The average Bonchev–Trinajstić information content (AvgIpc) is 2.50. The van der Waals surface area contributed by atoms with Crippen LogP contribution in [0.2, 0.25) is 0 Å². The number of rotatable bonds is 0. The Morgan fingerprint density at radius 1 is 1.38 bits per heavy atom. The van der Waals surface area contributed by atoms with Gasteiger partial charge in [0.1, 0.15) is 6.10 Å². The highest BCUT2D eigenvalue weighted by molar-refractivity contribution is 5.97. The summed E-state index contributed by atoms with van der Waals surface area (Å²) in [5, 5.41) is 20.4. The fraction of sp³-hybridized carbons (Fsp3) is 0.769. The summed E-state index contributed by atoms with van der Waals surface area (Å²) >= 11 is 0. The highest BCUT2D eigenvalue weighted by Crippen LogP contribution is 2.50. The quantitative estimate of drug-likeness (QED) is 0.647. The van der Waals surface area contributed by atoms with Crippen LogP contribution in [-0.2, 0) is 4.79 Å². The van der Waals surface area contributed by atoms with Crippen LogP contribution in [-0.4, -0.2) is 27.7 Å². The van der Waals surface area contributed by atoms with Crippen LogP contribution in [0.15, 0.2) is 11.6 Å². The summed E-state index contributed by atoms with van der Waals surface area (Å²) in [6.07, 6.45) is 6.28. The first kappa shape index (κ1) is 10.5. The first-order valence-electron chi connectivity index (χ1n) is 6.25. The molecule has 4 atom stereocenters. The standard InChI is InChI=1S/C13H18O3/c14-11-5-8-7-13(16)4-2-1-3-9(13)6-10(8)12(11)15/h5,9-10,12,15-16H,1-4,6-7H2. The topological polar surface area (TPSA) is 57.5 Å². The van der Waals surface area contributed by atoms with Gasteiger partial charge in [-0.15, -0.1) is 0 Å². The van der Waals surface area contributed by atoms with E-state index in [2.05, 4.69) is 0 Å². The zero-order chi connectivity index (χ0) is 11.3. The van der Waals surface area contributed by atoms with Crippen LogP contribution in [0.3, 0.4) is 0 Å². The van der Waals surface area contributed by atoms with Gasteiger partial charge in [-0.3, -0.25) is 4.79 Å². The summed E-state index contributed by atoms with van der Waals surface area (Å²) in [7, 11) is 0. The van der Waals surface area contributed by atoms with Crippen LogP contribution in [0.4, 0.5) is 0 Å². The SMILES string of the molecule is O=C1C=C2CC3(O)CCCCC3CC2C1O. The largest absolute Gasteiger partial charge is 0.389 e. The average molecular weight is 222 g/mol. The molecule has 2 fully saturated rings. The molecule has 4 unspecified atom stereocenters. The Hall–Kier alpha value is -0.670. The molecular formula is C13H18O3. The van der Waals surface area contributed by atoms with Crippen molar-refractivity contribution in [2.75, 3.05) is 0 Å². The number of aliphatic hydroxyl groups is 2. The minimum Gasteiger partial charge on any atom is -0.389 e. The highest BCUT2D eigenvalue weighted by Gasteiger charge is 2.49. The second-order valence-corrected chi connectivity index (χ2v) is 5.63. The van der Waals surface area contributed by atoms with Gasteiger partial charge in [-0.1, -0.05) is 18.4 Å². The molecule has 3 heteroatoms. The van der Waals surface area contributed by atoms with Crippen molar-refractivity contribution in [1.82, 2.24) is 0 Å². The van der Waals surface area contributed by atoms with Crippen LogP contribution in [0.25, 0.3) is 0 Å².